The lowest BCUT2D eigenvalue weighted by molar-refractivity contribution is -0.157. The molecule has 0 radical (unpaired) electrons. The average molecular weight is 603 g/mol. The van der Waals surface area contributed by atoms with E-state index in [1.807, 2.05) is 0 Å². The minimum atomic E-state index is -1.72. The molecule has 0 rings (SSSR count). The minimum Gasteiger partial charge on any atom is -0.463 e. The first-order valence-corrected chi connectivity index (χ1v) is 17.9. The maximum absolute atomic E-state index is 12.6. The van der Waals surface area contributed by atoms with Gasteiger partial charge in [-0.05, 0) is 18.8 Å². The van der Waals surface area contributed by atoms with Gasteiger partial charge >= 0.3 is 5.97 Å². The molecule has 0 fully saturated rings. The van der Waals surface area contributed by atoms with Crippen LogP contribution in [0, 0.1) is 5.92 Å². The Morgan fingerprint density at radius 2 is 0.857 bits per heavy atom. The molecule has 0 aliphatic heterocycles. The van der Waals surface area contributed by atoms with Crippen LogP contribution in [0.2, 0.25) is 0 Å². The van der Waals surface area contributed by atoms with Crippen molar-refractivity contribution < 1.29 is 35.1 Å². The highest BCUT2D eigenvalue weighted by Gasteiger charge is 2.31. The third-order valence-corrected chi connectivity index (χ3v) is 8.63. The van der Waals surface area contributed by atoms with Crippen LogP contribution in [0.1, 0.15) is 174 Å². The third-order valence-electron chi connectivity index (χ3n) is 8.63. The summed E-state index contributed by atoms with van der Waals surface area (Å²) in [6, 6.07) is 0. The van der Waals surface area contributed by atoms with Crippen molar-refractivity contribution in [1.82, 2.24) is 0 Å². The van der Waals surface area contributed by atoms with E-state index in [0.29, 0.717) is 6.42 Å². The van der Waals surface area contributed by atoms with Crippen LogP contribution in [-0.4, -0.2) is 69.1 Å². The molecular weight excluding hydrogens is 532 g/mol. The summed E-state index contributed by atoms with van der Waals surface area (Å²) in [5, 5.41) is 48.2. The molecule has 0 heterocycles. The van der Waals surface area contributed by atoms with Gasteiger partial charge in [0.15, 0.2) is 0 Å². The number of ether oxygens (including phenoxy) is 1. The first-order valence-electron chi connectivity index (χ1n) is 17.9. The molecule has 7 heteroatoms. The second kappa shape index (κ2) is 30.3. The second-order valence-electron chi connectivity index (χ2n) is 12.7. The fraction of sp³-hybridized carbons (Fsp3) is 0.971. The zero-order chi connectivity index (χ0) is 31.3. The Kier molecular flexibility index (Phi) is 29.8. The summed E-state index contributed by atoms with van der Waals surface area (Å²) in [5.41, 5.74) is 0. The molecule has 252 valence electrons. The maximum atomic E-state index is 12.6. The predicted octanol–water partition coefficient (Wildman–Crippen LogP) is 7.37. The molecule has 5 atom stereocenters. The number of esters is 1. The van der Waals surface area contributed by atoms with Crippen molar-refractivity contribution in [1.29, 1.82) is 0 Å². The zero-order valence-electron chi connectivity index (χ0n) is 27.5. The van der Waals surface area contributed by atoms with Gasteiger partial charge < -0.3 is 30.3 Å². The van der Waals surface area contributed by atoms with E-state index in [4.69, 9.17) is 9.84 Å². The van der Waals surface area contributed by atoms with Gasteiger partial charge in [0.1, 0.15) is 31.0 Å². The van der Waals surface area contributed by atoms with Gasteiger partial charge in [0.25, 0.3) is 0 Å². The van der Waals surface area contributed by atoms with Crippen LogP contribution in [0.4, 0.5) is 0 Å². The standard InChI is InChI=1S/C35H70O7/c1-3-5-7-9-11-13-15-16-18-20-22-24-26-30(25-23-21-19-17-14-12-10-8-6-4-2)27-33(39)42-29-32(38)35(41)34(40)31(37)28-36/h30-32,34-38,40-41H,3-29H2,1-2H3/t30?,31-,32+,34-,35-/m1/s1. The molecule has 0 spiro atoms. The fourth-order valence-corrected chi connectivity index (χ4v) is 5.68. The largest absolute Gasteiger partial charge is 0.463 e. The van der Waals surface area contributed by atoms with E-state index in [1.165, 1.54) is 128 Å². The Hall–Kier alpha value is -0.730. The Morgan fingerprint density at radius 1 is 0.524 bits per heavy atom. The molecule has 0 saturated carbocycles. The number of carbonyl (C=O) groups is 1. The molecule has 1 unspecified atom stereocenters. The van der Waals surface area contributed by atoms with Gasteiger partial charge in [0, 0.05) is 6.42 Å². The first kappa shape index (κ1) is 41.3. The van der Waals surface area contributed by atoms with E-state index in [2.05, 4.69) is 13.8 Å². The molecule has 0 aliphatic rings. The van der Waals surface area contributed by atoms with Crippen molar-refractivity contribution in [2.24, 2.45) is 5.92 Å². The highest BCUT2D eigenvalue weighted by molar-refractivity contribution is 5.69. The number of aliphatic hydroxyl groups is 5. The van der Waals surface area contributed by atoms with Crippen molar-refractivity contribution in [2.45, 2.75) is 199 Å². The fourth-order valence-electron chi connectivity index (χ4n) is 5.68. The molecule has 0 aliphatic carbocycles. The van der Waals surface area contributed by atoms with E-state index in [0.717, 1.165) is 25.7 Å². The maximum Gasteiger partial charge on any atom is 0.306 e. The van der Waals surface area contributed by atoms with Crippen LogP contribution in [0.15, 0.2) is 0 Å². The SMILES string of the molecule is CCCCCCCCCCCCCCC(CCCCCCCCCCCC)CC(=O)OC[C@H](O)[C@@H](O)[C@H](O)[C@H](O)CO. The molecule has 7 nitrogen and oxygen atoms in total. The van der Waals surface area contributed by atoms with Crippen molar-refractivity contribution >= 4 is 5.97 Å². The lowest BCUT2D eigenvalue weighted by Gasteiger charge is -2.25. The van der Waals surface area contributed by atoms with Crippen LogP contribution in [0.3, 0.4) is 0 Å². The summed E-state index contributed by atoms with van der Waals surface area (Å²) in [4.78, 5) is 12.6. The molecule has 0 saturated heterocycles. The van der Waals surface area contributed by atoms with E-state index in [-0.39, 0.29) is 5.92 Å². The first-order chi connectivity index (χ1) is 20.4. The van der Waals surface area contributed by atoms with Crippen LogP contribution >= 0.6 is 0 Å². The lowest BCUT2D eigenvalue weighted by atomic mass is 9.91. The number of aliphatic hydroxyl groups excluding tert-OH is 5. The average Bonchev–Trinajstić information content (AvgIpc) is 2.99. The summed E-state index contributed by atoms with van der Waals surface area (Å²) in [6.07, 6.45) is 24.2. The van der Waals surface area contributed by atoms with Gasteiger partial charge in [-0.1, -0.05) is 155 Å². The Bertz CT molecular complexity index is 574. The second-order valence-corrected chi connectivity index (χ2v) is 12.7. The number of rotatable bonds is 32. The third kappa shape index (κ3) is 24.7. The van der Waals surface area contributed by atoms with E-state index in [9.17, 15) is 25.2 Å². The monoisotopic (exact) mass is 603 g/mol. The Labute approximate surface area is 258 Å². The molecule has 0 bridgehead atoms. The van der Waals surface area contributed by atoms with Crippen molar-refractivity contribution in [2.75, 3.05) is 13.2 Å². The molecule has 5 N–H and O–H groups in total. The molecular formula is C35H70O7. The van der Waals surface area contributed by atoms with Crippen LogP contribution in [0.5, 0.6) is 0 Å². The summed E-state index contributed by atoms with van der Waals surface area (Å²) in [7, 11) is 0. The quantitative estimate of drug-likeness (QED) is 0.0402. The molecule has 0 aromatic rings. The van der Waals surface area contributed by atoms with E-state index < -0.39 is 43.6 Å². The van der Waals surface area contributed by atoms with Crippen LogP contribution < -0.4 is 0 Å². The zero-order valence-corrected chi connectivity index (χ0v) is 27.5. The van der Waals surface area contributed by atoms with E-state index >= 15 is 0 Å². The summed E-state index contributed by atoms with van der Waals surface area (Å²) < 4.78 is 5.23. The predicted molar refractivity (Wildman–Crippen MR) is 172 cm³/mol. The minimum absolute atomic E-state index is 0.249. The van der Waals surface area contributed by atoms with Crippen LogP contribution in [0.25, 0.3) is 0 Å². The lowest BCUT2D eigenvalue weighted by Crippen LogP contribution is -2.47. The highest BCUT2D eigenvalue weighted by Crippen LogP contribution is 2.23. The molecule has 0 aromatic heterocycles. The summed E-state index contributed by atoms with van der Waals surface area (Å²) in [6.45, 7) is 3.30. The van der Waals surface area contributed by atoms with Gasteiger partial charge in [0.2, 0.25) is 0 Å². The van der Waals surface area contributed by atoms with Gasteiger partial charge in [-0.25, -0.2) is 0 Å². The molecule has 42 heavy (non-hydrogen) atoms. The summed E-state index contributed by atoms with van der Waals surface area (Å²) >= 11 is 0. The van der Waals surface area contributed by atoms with Crippen LogP contribution in [-0.2, 0) is 9.53 Å². The highest BCUT2D eigenvalue weighted by atomic mass is 16.5. The topological polar surface area (TPSA) is 127 Å². The van der Waals surface area contributed by atoms with E-state index in [1.54, 1.807) is 0 Å². The molecule has 0 aromatic carbocycles. The summed E-state index contributed by atoms with van der Waals surface area (Å²) in [5.74, 6) is -0.159. The van der Waals surface area contributed by atoms with Gasteiger partial charge in [-0.2, -0.15) is 0 Å². The van der Waals surface area contributed by atoms with Gasteiger partial charge in [-0.3, -0.25) is 4.79 Å². The Morgan fingerprint density at radius 3 is 1.21 bits per heavy atom. The number of carbonyl (C=O) groups excluding carboxylic acids is 1. The van der Waals surface area contributed by atoms with Gasteiger partial charge in [-0.15, -0.1) is 0 Å². The van der Waals surface area contributed by atoms with Gasteiger partial charge in [0.05, 0.1) is 6.61 Å². The van der Waals surface area contributed by atoms with Crippen molar-refractivity contribution in [3.63, 3.8) is 0 Å². The number of hydrogen-bond acceptors (Lipinski definition) is 7. The Balaban J connectivity index is 4.35. The normalized spacial score (nSPS) is 15.3. The number of hydrogen-bond donors (Lipinski definition) is 5. The van der Waals surface area contributed by atoms with Crippen molar-refractivity contribution in [3.8, 4) is 0 Å². The smallest absolute Gasteiger partial charge is 0.306 e. The molecule has 0 amide bonds. The van der Waals surface area contributed by atoms with Crippen molar-refractivity contribution in [3.05, 3.63) is 0 Å². The number of unbranched alkanes of at least 4 members (excludes halogenated alkanes) is 20.